The molecule has 0 aliphatic carbocycles. The highest BCUT2D eigenvalue weighted by molar-refractivity contribution is 7.99. The molecule has 0 fully saturated rings. The van der Waals surface area contributed by atoms with Crippen LogP contribution in [-0.2, 0) is 0 Å². The third-order valence-electron chi connectivity index (χ3n) is 7.97. The van der Waals surface area contributed by atoms with Crippen LogP contribution in [0.1, 0.15) is 70.4 Å². The minimum atomic E-state index is -0.584. The Bertz CT molecular complexity index is 1210. The van der Waals surface area contributed by atoms with Crippen molar-refractivity contribution >= 4 is 35.6 Å². The Morgan fingerprint density at radius 1 is 0.579 bits per heavy atom. The van der Waals surface area contributed by atoms with E-state index in [1.165, 1.54) is 27.0 Å². The van der Waals surface area contributed by atoms with Gasteiger partial charge in [0, 0.05) is 4.75 Å². The molecule has 4 rings (SSSR count). The lowest BCUT2D eigenvalue weighted by Gasteiger charge is -2.41. The molecule has 4 aromatic rings. The smallest absolute Gasteiger partial charge is 0.0107 e. The maximum atomic E-state index is 2.49. The molecule has 0 amide bonds. The van der Waals surface area contributed by atoms with Crippen LogP contribution >= 0.6 is 19.7 Å². The van der Waals surface area contributed by atoms with Gasteiger partial charge in [0.1, 0.15) is 0 Å². The Balaban J connectivity index is 1.68. The summed E-state index contributed by atoms with van der Waals surface area (Å²) < 4.78 is 0.220. The van der Waals surface area contributed by atoms with Crippen molar-refractivity contribution in [2.75, 3.05) is 6.26 Å². The lowest BCUT2D eigenvalue weighted by Crippen LogP contribution is -2.30. The molecule has 0 radical (unpaired) electrons. The molecule has 0 saturated carbocycles. The van der Waals surface area contributed by atoms with Gasteiger partial charge in [-0.3, -0.25) is 0 Å². The molecule has 2 atom stereocenters. The fourth-order valence-electron chi connectivity index (χ4n) is 5.71. The van der Waals surface area contributed by atoms with Crippen LogP contribution in [0, 0.1) is 5.41 Å². The Kier molecular flexibility index (Phi) is 9.56. The number of hydrogen-bond donors (Lipinski definition) is 0. The van der Waals surface area contributed by atoms with Gasteiger partial charge in [0.05, 0.1) is 0 Å². The number of hydrogen-bond acceptors (Lipinski definition) is 1. The molecule has 0 nitrogen and oxygen atoms in total. The molecule has 0 saturated heterocycles. The molecule has 38 heavy (non-hydrogen) atoms. The third-order valence-corrected chi connectivity index (χ3v) is 11.7. The quantitative estimate of drug-likeness (QED) is 0.171. The van der Waals surface area contributed by atoms with Gasteiger partial charge in [-0.05, 0) is 71.3 Å². The van der Waals surface area contributed by atoms with E-state index in [-0.39, 0.29) is 10.2 Å². The van der Waals surface area contributed by atoms with Gasteiger partial charge in [0.15, 0.2) is 0 Å². The van der Waals surface area contributed by atoms with Gasteiger partial charge in [0.25, 0.3) is 0 Å². The standard InChI is InChI=1S/C36H43PS/c1-28(29-16-10-7-11-17-29)26-35(2,3)34(27-36(4,5)38-6)30-22-24-33(25-23-30)37(31-18-12-8-13-19-31)32-20-14-9-15-21-32/h7-25,28,34H,26-27H2,1-6H3. The van der Waals surface area contributed by atoms with E-state index >= 15 is 0 Å². The third kappa shape index (κ3) is 7.19. The molecule has 2 heteroatoms. The Morgan fingerprint density at radius 3 is 1.50 bits per heavy atom. The van der Waals surface area contributed by atoms with Crippen molar-refractivity contribution in [1.82, 2.24) is 0 Å². The van der Waals surface area contributed by atoms with Gasteiger partial charge in [0.2, 0.25) is 0 Å². The zero-order valence-electron chi connectivity index (χ0n) is 23.9. The van der Waals surface area contributed by atoms with E-state index in [2.05, 4.69) is 156 Å². The summed E-state index contributed by atoms with van der Waals surface area (Å²) >= 11 is 1.99. The first-order valence-electron chi connectivity index (χ1n) is 13.8. The molecule has 4 aromatic carbocycles. The summed E-state index contributed by atoms with van der Waals surface area (Å²) in [4.78, 5) is 0. The van der Waals surface area contributed by atoms with E-state index in [1.807, 2.05) is 11.8 Å². The maximum absolute atomic E-state index is 2.49. The van der Waals surface area contributed by atoms with Crippen molar-refractivity contribution in [3.8, 4) is 0 Å². The van der Waals surface area contributed by atoms with Crippen LogP contribution in [0.3, 0.4) is 0 Å². The number of thioether (sulfide) groups is 1. The average molecular weight is 539 g/mol. The fourth-order valence-corrected chi connectivity index (χ4v) is 8.32. The normalized spacial score (nSPS) is 13.9. The van der Waals surface area contributed by atoms with Gasteiger partial charge >= 0.3 is 0 Å². The van der Waals surface area contributed by atoms with Crippen molar-refractivity contribution in [3.05, 3.63) is 126 Å². The van der Waals surface area contributed by atoms with E-state index in [9.17, 15) is 0 Å². The molecule has 0 N–H and O–H groups in total. The van der Waals surface area contributed by atoms with Gasteiger partial charge in [-0.25, -0.2) is 0 Å². The van der Waals surface area contributed by atoms with Crippen LogP contribution in [0.5, 0.6) is 0 Å². The van der Waals surface area contributed by atoms with Crippen LogP contribution in [0.25, 0.3) is 0 Å². The summed E-state index contributed by atoms with van der Waals surface area (Å²) in [5.74, 6) is 0.999. The zero-order valence-corrected chi connectivity index (χ0v) is 25.6. The van der Waals surface area contributed by atoms with Crippen LogP contribution in [-0.4, -0.2) is 11.0 Å². The molecule has 198 valence electrons. The molecule has 2 unspecified atom stereocenters. The van der Waals surface area contributed by atoms with E-state index in [0.29, 0.717) is 11.8 Å². The second-order valence-corrected chi connectivity index (χ2v) is 15.6. The molecule has 0 spiro atoms. The fraction of sp³-hybridized carbons (Fsp3) is 0.333. The van der Waals surface area contributed by atoms with Crippen LogP contribution in [0.15, 0.2) is 115 Å². The highest BCUT2D eigenvalue weighted by Gasteiger charge is 2.36. The summed E-state index contributed by atoms with van der Waals surface area (Å²) in [6.45, 7) is 12.2. The minimum Gasteiger partial charge on any atom is -0.159 e. The molecular weight excluding hydrogens is 495 g/mol. The molecule has 0 aliphatic heterocycles. The second kappa shape index (κ2) is 12.7. The van der Waals surface area contributed by atoms with Crippen LogP contribution in [0.4, 0.5) is 0 Å². The van der Waals surface area contributed by atoms with E-state index < -0.39 is 7.92 Å². The highest BCUT2D eigenvalue weighted by atomic mass is 32.2. The van der Waals surface area contributed by atoms with Crippen LogP contribution in [0.2, 0.25) is 0 Å². The minimum absolute atomic E-state index is 0.160. The summed E-state index contributed by atoms with van der Waals surface area (Å²) in [6.07, 6.45) is 4.58. The largest absolute Gasteiger partial charge is 0.159 e. The highest BCUT2D eigenvalue weighted by Crippen LogP contribution is 2.48. The number of rotatable bonds is 11. The van der Waals surface area contributed by atoms with Crippen molar-refractivity contribution in [3.63, 3.8) is 0 Å². The first-order chi connectivity index (χ1) is 18.2. The summed E-state index contributed by atoms with van der Waals surface area (Å²) in [5, 5.41) is 4.22. The van der Waals surface area contributed by atoms with Crippen LogP contribution < -0.4 is 15.9 Å². The Hall–Kier alpha value is -2.34. The van der Waals surface area contributed by atoms with E-state index in [4.69, 9.17) is 0 Å². The predicted octanol–water partition coefficient (Wildman–Crippen LogP) is 9.28. The van der Waals surface area contributed by atoms with Crippen molar-refractivity contribution < 1.29 is 0 Å². The molecule has 0 aromatic heterocycles. The Morgan fingerprint density at radius 2 is 1.03 bits per heavy atom. The SMILES string of the molecule is CSC(C)(C)CC(c1ccc(P(c2ccccc2)c2ccccc2)cc1)C(C)(C)CC(C)c1ccccc1. The predicted molar refractivity (Wildman–Crippen MR) is 173 cm³/mol. The Labute approximate surface area is 237 Å². The molecule has 0 aliphatic rings. The molecule has 0 bridgehead atoms. The summed E-state index contributed by atoms with van der Waals surface area (Å²) in [6, 6.07) is 42.7. The topological polar surface area (TPSA) is 0 Å². The maximum Gasteiger partial charge on any atom is 0.0107 e. The lowest BCUT2D eigenvalue weighted by molar-refractivity contribution is 0.225. The summed E-state index contributed by atoms with van der Waals surface area (Å²) in [5.41, 5.74) is 3.07. The lowest BCUT2D eigenvalue weighted by atomic mass is 9.66. The summed E-state index contributed by atoms with van der Waals surface area (Å²) in [7, 11) is -0.584. The van der Waals surface area contributed by atoms with Gasteiger partial charge in [-0.15, -0.1) is 0 Å². The molecular formula is C36H43PS. The monoisotopic (exact) mass is 538 g/mol. The van der Waals surface area contributed by atoms with Crippen molar-refractivity contribution in [1.29, 1.82) is 0 Å². The second-order valence-electron chi connectivity index (χ2n) is 11.8. The first kappa shape index (κ1) is 28.7. The average Bonchev–Trinajstić information content (AvgIpc) is 2.94. The first-order valence-corrected chi connectivity index (χ1v) is 16.4. The molecule has 0 heterocycles. The number of benzene rings is 4. The van der Waals surface area contributed by atoms with E-state index in [0.717, 1.165) is 12.8 Å². The van der Waals surface area contributed by atoms with Gasteiger partial charge in [-0.1, -0.05) is 150 Å². The van der Waals surface area contributed by atoms with Gasteiger partial charge in [-0.2, -0.15) is 11.8 Å². The van der Waals surface area contributed by atoms with Crippen molar-refractivity contribution in [2.24, 2.45) is 5.41 Å². The zero-order chi connectivity index (χ0) is 27.2. The van der Waals surface area contributed by atoms with Crippen molar-refractivity contribution in [2.45, 2.75) is 64.0 Å². The van der Waals surface area contributed by atoms with E-state index in [1.54, 1.807) is 0 Å². The van der Waals surface area contributed by atoms with Gasteiger partial charge < -0.3 is 0 Å².